The summed E-state index contributed by atoms with van der Waals surface area (Å²) < 4.78 is 5.09. The summed E-state index contributed by atoms with van der Waals surface area (Å²) in [6, 6.07) is 13.9. The molecule has 0 radical (unpaired) electrons. The van der Waals surface area contributed by atoms with Crippen LogP contribution in [0.2, 0.25) is 0 Å². The Bertz CT molecular complexity index is 742. The van der Waals surface area contributed by atoms with Gasteiger partial charge in [0.05, 0.1) is 18.0 Å². The normalized spacial score (nSPS) is 11.4. The van der Waals surface area contributed by atoms with Gasteiger partial charge >= 0.3 is 18.0 Å². The maximum atomic E-state index is 11.9. The fraction of sp³-hybridized carbons (Fsp3) is 0.167. The van der Waals surface area contributed by atoms with E-state index in [1.807, 2.05) is 18.2 Å². The van der Waals surface area contributed by atoms with E-state index in [1.165, 1.54) is 24.3 Å². The van der Waals surface area contributed by atoms with Crippen molar-refractivity contribution in [2.45, 2.75) is 19.1 Å². The minimum atomic E-state index is -1.10. The molecule has 25 heavy (non-hydrogen) atoms. The number of ether oxygens (including phenoxy) is 1. The lowest BCUT2D eigenvalue weighted by molar-refractivity contribution is -0.137. The highest BCUT2D eigenvalue weighted by Crippen LogP contribution is 2.18. The van der Waals surface area contributed by atoms with Crippen LogP contribution in [-0.2, 0) is 16.1 Å². The second kappa shape index (κ2) is 8.49. The van der Waals surface area contributed by atoms with E-state index in [0.29, 0.717) is 5.56 Å². The number of alkyl carbamates (subject to hydrolysis) is 1. The van der Waals surface area contributed by atoms with Crippen LogP contribution in [0.4, 0.5) is 4.79 Å². The second-order valence-corrected chi connectivity index (χ2v) is 5.28. The first-order chi connectivity index (χ1) is 12.0. The van der Waals surface area contributed by atoms with Crippen molar-refractivity contribution in [1.82, 2.24) is 5.32 Å². The Hall–Kier alpha value is -3.35. The van der Waals surface area contributed by atoms with Crippen molar-refractivity contribution in [1.29, 1.82) is 0 Å². The highest BCUT2D eigenvalue weighted by Gasteiger charge is 2.19. The molecule has 2 aromatic rings. The third kappa shape index (κ3) is 5.65. The Morgan fingerprint density at radius 1 is 0.960 bits per heavy atom. The summed E-state index contributed by atoms with van der Waals surface area (Å²) in [7, 11) is 0. The number of carboxylic acids is 2. The van der Waals surface area contributed by atoms with Gasteiger partial charge in [-0.15, -0.1) is 0 Å². The largest absolute Gasteiger partial charge is 0.481 e. The topological polar surface area (TPSA) is 113 Å². The van der Waals surface area contributed by atoms with Gasteiger partial charge in [-0.3, -0.25) is 4.79 Å². The zero-order valence-electron chi connectivity index (χ0n) is 13.2. The molecule has 7 heteroatoms. The van der Waals surface area contributed by atoms with Crippen LogP contribution in [0.25, 0.3) is 0 Å². The van der Waals surface area contributed by atoms with E-state index in [1.54, 1.807) is 12.1 Å². The van der Waals surface area contributed by atoms with Crippen molar-refractivity contribution in [3.8, 4) is 0 Å². The van der Waals surface area contributed by atoms with E-state index >= 15 is 0 Å². The molecule has 0 saturated carbocycles. The van der Waals surface area contributed by atoms with E-state index in [-0.39, 0.29) is 18.6 Å². The molecule has 1 atom stereocenters. The van der Waals surface area contributed by atoms with Crippen molar-refractivity contribution in [3.05, 3.63) is 71.3 Å². The lowest BCUT2D eigenvalue weighted by Gasteiger charge is -2.17. The number of hydrogen-bond donors (Lipinski definition) is 3. The Balaban J connectivity index is 2.02. The minimum Gasteiger partial charge on any atom is -0.481 e. The summed E-state index contributed by atoms with van der Waals surface area (Å²) in [4.78, 5) is 33.8. The molecule has 0 aliphatic carbocycles. The number of carbonyl (C=O) groups is 3. The van der Waals surface area contributed by atoms with Gasteiger partial charge in [0, 0.05) is 0 Å². The maximum absolute atomic E-state index is 11.9. The van der Waals surface area contributed by atoms with Gasteiger partial charge in [-0.05, 0) is 23.3 Å². The van der Waals surface area contributed by atoms with Gasteiger partial charge in [0.1, 0.15) is 6.61 Å². The molecule has 0 saturated heterocycles. The minimum absolute atomic E-state index is 0.0599. The average Bonchev–Trinajstić information content (AvgIpc) is 2.60. The molecule has 130 valence electrons. The number of aliphatic carboxylic acids is 1. The van der Waals surface area contributed by atoms with E-state index in [4.69, 9.17) is 14.9 Å². The first-order valence-corrected chi connectivity index (χ1v) is 7.48. The van der Waals surface area contributed by atoms with Crippen LogP contribution < -0.4 is 5.32 Å². The molecule has 0 aromatic heterocycles. The first kappa shape index (κ1) is 18.0. The lowest BCUT2D eigenvalue weighted by Crippen LogP contribution is -2.30. The van der Waals surface area contributed by atoms with Crippen LogP contribution in [0.3, 0.4) is 0 Å². The third-order valence-corrected chi connectivity index (χ3v) is 3.44. The van der Waals surface area contributed by atoms with Gasteiger partial charge in [0.25, 0.3) is 0 Å². The van der Waals surface area contributed by atoms with Crippen molar-refractivity contribution in [2.75, 3.05) is 0 Å². The van der Waals surface area contributed by atoms with E-state index < -0.39 is 24.1 Å². The molecule has 2 aromatic carbocycles. The first-order valence-electron chi connectivity index (χ1n) is 7.48. The van der Waals surface area contributed by atoms with Crippen LogP contribution in [0.5, 0.6) is 0 Å². The highest BCUT2D eigenvalue weighted by molar-refractivity contribution is 5.87. The molecular formula is C18H17NO6. The Morgan fingerprint density at radius 3 is 2.16 bits per heavy atom. The number of amides is 1. The number of hydrogen-bond acceptors (Lipinski definition) is 4. The predicted octanol–water partition coefficient (Wildman–Crippen LogP) is 2.83. The number of nitrogens with one attached hydrogen (secondary N) is 1. The summed E-state index contributed by atoms with van der Waals surface area (Å²) in [5.41, 5.74) is 1.35. The van der Waals surface area contributed by atoms with Gasteiger partial charge in [0.2, 0.25) is 0 Å². The second-order valence-electron chi connectivity index (χ2n) is 5.28. The predicted molar refractivity (Wildman–Crippen MR) is 88.2 cm³/mol. The zero-order chi connectivity index (χ0) is 18.2. The number of aromatic carboxylic acids is 1. The average molecular weight is 343 g/mol. The quantitative estimate of drug-likeness (QED) is 0.712. The summed E-state index contributed by atoms with van der Waals surface area (Å²) in [5, 5.41) is 20.4. The molecule has 0 unspecified atom stereocenters. The van der Waals surface area contributed by atoms with Gasteiger partial charge in [-0.25, -0.2) is 9.59 Å². The van der Waals surface area contributed by atoms with Crippen LogP contribution in [0.15, 0.2) is 54.6 Å². The van der Waals surface area contributed by atoms with Crippen molar-refractivity contribution in [3.63, 3.8) is 0 Å². The number of carboxylic acid groups (broad SMARTS) is 2. The SMILES string of the molecule is O=C(O)C[C@H](NC(=O)OCc1ccccc1)c1ccc(C(=O)O)cc1. The lowest BCUT2D eigenvalue weighted by atomic mass is 10.0. The third-order valence-electron chi connectivity index (χ3n) is 3.44. The summed E-state index contributed by atoms with van der Waals surface area (Å²) in [5.74, 6) is -2.19. The zero-order valence-corrected chi connectivity index (χ0v) is 13.2. The number of benzene rings is 2. The summed E-state index contributed by atoms with van der Waals surface area (Å²) >= 11 is 0. The Labute approximate surface area is 143 Å². The molecule has 0 aliphatic heterocycles. The van der Waals surface area contributed by atoms with E-state index in [9.17, 15) is 14.4 Å². The molecule has 2 rings (SSSR count). The van der Waals surface area contributed by atoms with Crippen LogP contribution in [0, 0.1) is 0 Å². The molecule has 0 heterocycles. The molecule has 0 spiro atoms. The van der Waals surface area contributed by atoms with Gasteiger partial charge < -0.3 is 20.3 Å². The highest BCUT2D eigenvalue weighted by atomic mass is 16.5. The molecular weight excluding hydrogens is 326 g/mol. The smallest absolute Gasteiger partial charge is 0.407 e. The van der Waals surface area contributed by atoms with E-state index in [0.717, 1.165) is 5.56 Å². The maximum Gasteiger partial charge on any atom is 0.407 e. The fourth-order valence-electron chi connectivity index (χ4n) is 2.19. The standard InChI is InChI=1S/C18H17NO6/c20-16(21)10-15(13-6-8-14(9-7-13)17(22)23)19-18(24)25-11-12-4-2-1-3-5-12/h1-9,15H,10-11H2,(H,19,24)(H,20,21)(H,22,23)/t15-/m0/s1. The Kier molecular flexibility index (Phi) is 6.11. The van der Waals surface area contributed by atoms with Gasteiger partial charge in [-0.2, -0.15) is 0 Å². The van der Waals surface area contributed by atoms with E-state index in [2.05, 4.69) is 5.32 Å². The van der Waals surface area contributed by atoms with Crippen molar-refractivity contribution >= 4 is 18.0 Å². The number of carbonyl (C=O) groups excluding carboxylic acids is 1. The molecule has 0 aliphatic rings. The molecule has 0 fully saturated rings. The van der Waals surface area contributed by atoms with Crippen LogP contribution in [-0.4, -0.2) is 28.2 Å². The molecule has 0 bridgehead atoms. The summed E-state index contributed by atoms with van der Waals surface area (Å²) in [6.07, 6.45) is -1.11. The molecule has 1 amide bonds. The van der Waals surface area contributed by atoms with Crippen LogP contribution in [0.1, 0.15) is 33.9 Å². The van der Waals surface area contributed by atoms with Crippen LogP contribution >= 0.6 is 0 Å². The summed E-state index contributed by atoms with van der Waals surface area (Å²) in [6.45, 7) is 0.0599. The Morgan fingerprint density at radius 2 is 1.60 bits per heavy atom. The van der Waals surface area contributed by atoms with Crippen molar-refractivity contribution < 1.29 is 29.3 Å². The number of rotatable bonds is 7. The monoisotopic (exact) mass is 343 g/mol. The van der Waals surface area contributed by atoms with Crippen molar-refractivity contribution in [2.24, 2.45) is 0 Å². The molecule has 7 nitrogen and oxygen atoms in total. The van der Waals surface area contributed by atoms with Gasteiger partial charge in [-0.1, -0.05) is 42.5 Å². The fourth-order valence-corrected chi connectivity index (χ4v) is 2.19. The molecule has 3 N–H and O–H groups in total. The van der Waals surface area contributed by atoms with Gasteiger partial charge in [0.15, 0.2) is 0 Å².